The van der Waals surface area contributed by atoms with E-state index in [4.69, 9.17) is 4.98 Å². The predicted molar refractivity (Wildman–Crippen MR) is 103 cm³/mol. The van der Waals surface area contributed by atoms with Crippen molar-refractivity contribution in [3.63, 3.8) is 0 Å². The van der Waals surface area contributed by atoms with Crippen LogP contribution in [0, 0.1) is 0 Å². The van der Waals surface area contributed by atoms with Gasteiger partial charge >= 0.3 is 0 Å². The van der Waals surface area contributed by atoms with Gasteiger partial charge < -0.3 is 5.32 Å². The molecule has 0 bridgehead atoms. The zero-order valence-corrected chi connectivity index (χ0v) is 15.2. The number of para-hydroxylation sites is 1. The number of nitrogens with zero attached hydrogens (tertiary/aromatic N) is 1. The molecule has 1 atom stereocenters. The van der Waals surface area contributed by atoms with E-state index in [2.05, 4.69) is 43.4 Å². The quantitative estimate of drug-likeness (QED) is 0.664. The molecule has 3 rings (SSSR count). The Bertz CT molecular complexity index is 639. The molecule has 2 aromatic rings. The van der Waals surface area contributed by atoms with Crippen LogP contribution in [0.1, 0.15) is 63.6 Å². The third kappa shape index (κ3) is 4.17. The van der Waals surface area contributed by atoms with Gasteiger partial charge in [0.2, 0.25) is 0 Å². The van der Waals surface area contributed by atoms with Crippen LogP contribution in [0.5, 0.6) is 0 Å². The van der Waals surface area contributed by atoms with Crippen LogP contribution in [0.15, 0.2) is 24.3 Å². The highest BCUT2D eigenvalue weighted by Crippen LogP contribution is 2.33. The number of hydrogen-bond donors (Lipinski definition) is 1. The second kappa shape index (κ2) is 8.54. The number of halogens is 1. The highest BCUT2D eigenvalue weighted by molar-refractivity contribution is 5.93. The molecule has 0 spiro atoms. The summed E-state index contributed by atoms with van der Waals surface area (Å²) >= 11 is 0. The van der Waals surface area contributed by atoms with Crippen molar-refractivity contribution in [2.24, 2.45) is 0 Å². The molecule has 1 aliphatic carbocycles. The molecule has 0 fully saturated rings. The standard InChI is InChI=1S/C20H28N2.ClH/c1-3-4-5-10-15(2)21-20-16-11-6-8-13-18(16)22-19-14-9-7-12-17(19)20;/h6,8,11,13,15H,3-5,7,9-10,12,14H2,1-2H3,(H,21,22);1H. The van der Waals surface area contributed by atoms with Crippen LogP contribution < -0.4 is 5.32 Å². The van der Waals surface area contributed by atoms with Gasteiger partial charge in [-0.2, -0.15) is 0 Å². The number of aryl methyl sites for hydroxylation is 1. The number of anilines is 1. The van der Waals surface area contributed by atoms with E-state index in [1.165, 1.54) is 67.3 Å². The van der Waals surface area contributed by atoms with Crippen molar-refractivity contribution in [3.05, 3.63) is 35.5 Å². The molecule has 1 aromatic heterocycles. The largest absolute Gasteiger partial charge is 0.382 e. The number of fused-ring (bicyclic) bond motifs is 2. The van der Waals surface area contributed by atoms with Crippen molar-refractivity contribution >= 4 is 29.0 Å². The first kappa shape index (κ1) is 18.1. The van der Waals surface area contributed by atoms with Crippen LogP contribution >= 0.6 is 12.4 Å². The molecular formula is C20H29ClN2. The number of benzene rings is 1. The lowest BCUT2D eigenvalue weighted by molar-refractivity contribution is 0.613. The zero-order chi connectivity index (χ0) is 15.4. The molecule has 0 aliphatic heterocycles. The summed E-state index contributed by atoms with van der Waals surface area (Å²) in [4.78, 5) is 4.92. The molecule has 2 nitrogen and oxygen atoms in total. The second-order valence-electron chi connectivity index (χ2n) is 6.68. The van der Waals surface area contributed by atoms with E-state index in [1.54, 1.807) is 0 Å². The summed E-state index contributed by atoms with van der Waals surface area (Å²) in [5.41, 5.74) is 5.32. The monoisotopic (exact) mass is 332 g/mol. The Morgan fingerprint density at radius 2 is 1.91 bits per heavy atom. The minimum Gasteiger partial charge on any atom is -0.382 e. The smallest absolute Gasteiger partial charge is 0.0726 e. The number of unbranched alkanes of at least 4 members (excludes halogenated alkanes) is 2. The maximum atomic E-state index is 4.92. The molecule has 0 saturated carbocycles. The summed E-state index contributed by atoms with van der Waals surface area (Å²) in [6.07, 6.45) is 10.1. The van der Waals surface area contributed by atoms with Crippen molar-refractivity contribution in [2.45, 2.75) is 71.3 Å². The minimum absolute atomic E-state index is 0. The first-order chi connectivity index (χ1) is 10.8. The molecule has 3 heteroatoms. The number of aromatic nitrogens is 1. The number of pyridine rings is 1. The van der Waals surface area contributed by atoms with E-state index < -0.39 is 0 Å². The summed E-state index contributed by atoms with van der Waals surface area (Å²) in [6.45, 7) is 4.59. The molecule has 1 heterocycles. The van der Waals surface area contributed by atoms with E-state index >= 15 is 0 Å². The SMILES string of the molecule is CCCCCC(C)Nc1c2c(nc3ccccc13)CCCC2.Cl. The summed E-state index contributed by atoms with van der Waals surface area (Å²) in [7, 11) is 0. The van der Waals surface area contributed by atoms with Crippen LogP contribution in [0.4, 0.5) is 5.69 Å². The molecule has 126 valence electrons. The first-order valence-electron chi connectivity index (χ1n) is 8.96. The molecule has 0 radical (unpaired) electrons. The van der Waals surface area contributed by atoms with Gasteiger partial charge in [-0.25, -0.2) is 0 Å². The van der Waals surface area contributed by atoms with Crippen LogP contribution in [-0.2, 0) is 12.8 Å². The number of nitrogens with one attached hydrogen (secondary N) is 1. The summed E-state index contributed by atoms with van der Waals surface area (Å²) in [6, 6.07) is 9.13. The first-order valence-corrected chi connectivity index (χ1v) is 8.96. The Morgan fingerprint density at radius 1 is 1.13 bits per heavy atom. The van der Waals surface area contributed by atoms with Gasteiger partial charge in [0, 0.05) is 22.8 Å². The lowest BCUT2D eigenvalue weighted by Crippen LogP contribution is -2.19. The van der Waals surface area contributed by atoms with Gasteiger partial charge in [0.15, 0.2) is 0 Å². The maximum absolute atomic E-state index is 4.92. The van der Waals surface area contributed by atoms with E-state index in [1.807, 2.05) is 0 Å². The lowest BCUT2D eigenvalue weighted by Gasteiger charge is -2.24. The van der Waals surface area contributed by atoms with Gasteiger partial charge in [-0.1, -0.05) is 44.4 Å². The third-order valence-corrected chi connectivity index (χ3v) is 4.80. The van der Waals surface area contributed by atoms with Crippen molar-refractivity contribution in [1.82, 2.24) is 4.98 Å². The van der Waals surface area contributed by atoms with E-state index in [-0.39, 0.29) is 12.4 Å². The van der Waals surface area contributed by atoms with Crippen LogP contribution in [0.3, 0.4) is 0 Å². The Kier molecular flexibility index (Phi) is 6.71. The van der Waals surface area contributed by atoms with Crippen molar-refractivity contribution in [1.29, 1.82) is 0 Å². The second-order valence-corrected chi connectivity index (χ2v) is 6.68. The zero-order valence-electron chi connectivity index (χ0n) is 14.4. The fourth-order valence-electron chi connectivity index (χ4n) is 3.56. The Balaban J connectivity index is 0.00000192. The third-order valence-electron chi connectivity index (χ3n) is 4.80. The minimum atomic E-state index is 0. The van der Waals surface area contributed by atoms with Gasteiger partial charge in [-0.3, -0.25) is 4.98 Å². The van der Waals surface area contributed by atoms with Crippen molar-refractivity contribution < 1.29 is 0 Å². The Morgan fingerprint density at radius 3 is 2.74 bits per heavy atom. The highest BCUT2D eigenvalue weighted by atomic mass is 35.5. The van der Waals surface area contributed by atoms with Crippen molar-refractivity contribution in [2.75, 3.05) is 5.32 Å². The summed E-state index contributed by atoms with van der Waals surface area (Å²) in [5, 5.41) is 5.13. The van der Waals surface area contributed by atoms with Gasteiger partial charge in [0.1, 0.15) is 0 Å². The van der Waals surface area contributed by atoms with Crippen LogP contribution in [-0.4, -0.2) is 11.0 Å². The van der Waals surface area contributed by atoms with E-state index in [0.717, 1.165) is 11.9 Å². The maximum Gasteiger partial charge on any atom is 0.0726 e. The predicted octanol–water partition coefficient (Wildman–Crippen LogP) is 5.92. The topological polar surface area (TPSA) is 24.9 Å². The number of rotatable bonds is 6. The Hall–Kier alpha value is -1.28. The van der Waals surface area contributed by atoms with Gasteiger partial charge in [-0.05, 0) is 50.7 Å². The van der Waals surface area contributed by atoms with Gasteiger partial charge in [0.25, 0.3) is 0 Å². The summed E-state index contributed by atoms with van der Waals surface area (Å²) in [5.74, 6) is 0. The van der Waals surface area contributed by atoms with E-state index in [0.29, 0.717) is 6.04 Å². The normalized spacial score (nSPS) is 14.9. The van der Waals surface area contributed by atoms with Crippen molar-refractivity contribution in [3.8, 4) is 0 Å². The molecule has 23 heavy (non-hydrogen) atoms. The fraction of sp³-hybridized carbons (Fsp3) is 0.550. The molecule has 0 amide bonds. The van der Waals surface area contributed by atoms with Gasteiger partial charge in [-0.15, -0.1) is 12.4 Å². The molecule has 1 aliphatic rings. The molecule has 1 N–H and O–H groups in total. The molecule has 1 aromatic carbocycles. The average Bonchev–Trinajstić information content (AvgIpc) is 2.55. The van der Waals surface area contributed by atoms with Crippen LogP contribution in [0.2, 0.25) is 0 Å². The number of hydrogen-bond acceptors (Lipinski definition) is 2. The van der Waals surface area contributed by atoms with E-state index in [9.17, 15) is 0 Å². The molecule has 0 saturated heterocycles. The molecular weight excluding hydrogens is 304 g/mol. The highest BCUT2D eigenvalue weighted by Gasteiger charge is 2.18. The fourth-order valence-corrected chi connectivity index (χ4v) is 3.56. The summed E-state index contributed by atoms with van der Waals surface area (Å²) < 4.78 is 0. The Labute approximate surface area is 146 Å². The average molecular weight is 333 g/mol. The molecule has 1 unspecified atom stereocenters. The lowest BCUT2D eigenvalue weighted by atomic mass is 9.92. The van der Waals surface area contributed by atoms with Crippen LogP contribution in [0.25, 0.3) is 10.9 Å². The van der Waals surface area contributed by atoms with Gasteiger partial charge in [0.05, 0.1) is 5.52 Å².